The molecule has 108 valence electrons. The molecule has 0 spiro atoms. The monoisotopic (exact) mass is 290 g/mol. The number of fused-ring (bicyclic) bond motifs is 3. The van der Waals surface area contributed by atoms with Crippen molar-refractivity contribution in [1.82, 2.24) is 9.38 Å². The molecule has 0 bridgehead atoms. The predicted molar refractivity (Wildman–Crippen MR) is 87.8 cm³/mol. The topological polar surface area (TPSA) is 17.3 Å². The maximum Gasteiger partial charge on any atom is 0.138 e. The summed E-state index contributed by atoms with van der Waals surface area (Å²) >= 11 is 0. The zero-order chi connectivity index (χ0) is 14.9. The summed E-state index contributed by atoms with van der Waals surface area (Å²) in [5.74, 6) is 0. The standard InChI is InChI=1S/C19H15FN2/c20-11-9-14-5-7-15(8-6-14)16-10-12-22-18-4-2-1-3-17(18)21-19(22)13-16/h1-8,10,12-13H,9,11H2. The Hall–Kier alpha value is -2.68. The summed E-state index contributed by atoms with van der Waals surface area (Å²) in [6.07, 6.45) is 2.53. The first-order valence-corrected chi connectivity index (χ1v) is 7.37. The Kier molecular flexibility index (Phi) is 3.11. The fourth-order valence-corrected chi connectivity index (χ4v) is 2.82. The second kappa shape index (κ2) is 5.26. The molecule has 0 aliphatic carbocycles. The summed E-state index contributed by atoms with van der Waals surface area (Å²) < 4.78 is 14.5. The van der Waals surface area contributed by atoms with Gasteiger partial charge in [-0.15, -0.1) is 0 Å². The highest BCUT2D eigenvalue weighted by Gasteiger charge is 2.05. The van der Waals surface area contributed by atoms with E-state index < -0.39 is 0 Å². The van der Waals surface area contributed by atoms with Gasteiger partial charge in [0.05, 0.1) is 17.7 Å². The van der Waals surface area contributed by atoms with Crippen molar-refractivity contribution in [2.24, 2.45) is 0 Å². The number of nitrogens with zero attached hydrogens (tertiary/aromatic N) is 2. The summed E-state index contributed by atoms with van der Waals surface area (Å²) in [4.78, 5) is 4.66. The molecule has 0 aliphatic rings. The lowest BCUT2D eigenvalue weighted by atomic mass is 10.0. The first-order chi connectivity index (χ1) is 10.8. The average molecular weight is 290 g/mol. The molecular weight excluding hydrogens is 275 g/mol. The minimum absolute atomic E-state index is 0.314. The Bertz CT molecular complexity index is 939. The van der Waals surface area contributed by atoms with Crippen LogP contribution in [0.25, 0.3) is 27.8 Å². The van der Waals surface area contributed by atoms with Gasteiger partial charge in [0.15, 0.2) is 0 Å². The van der Waals surface area contributed by atoms with Crippen molar-refractivity contribution in [2.75, 3.05) is 6.67 Å². The molecule has 2 nitrogen and oxygen atoms in total. The Labute approximate surface area is 127 Å². The lowest BCUT2D eigenvalue weighted by Crippen LogP contribution is -1.88. The van der Waals surface area contributed by atoms with Gasteiger partial charge >= 0.3 is 0 Å². The van der Waals surface area contributed by atoms with Crippen LogP contribution in [0.3, 0.4) is 0 Å². The third kappa shape index (κ3) is 2.15. The largest absolute Gasteiger partial charge is 0.300 e. The van der Waals surface area contributed by atoms with Gasteiger partial charge in [-0.1, -0.05) is 36.4 Å². The molecular formula is C19H15FN2. The molecule has 4 rings (SSSR count). The smallest absolute Gasteiger partial charge is 0.138 e. The Morgan fingerprint density at radius 3 is 2.55 bits per heavy atom. The molecule has 0 saturated heterocycles. The zero-order valence-electron chi connectivity index (χ0n) is 12.0. The van der Waals surface area contributed by atoms with E-state index >= 15 is 0 Å². The van der Waals surface area contributed by atoms with Crippen LogP contribution in [0.2, 0.25) is 0 Å². The third-order valence-electron chi connectivity index (χ3n) is 3.98. The van der Waals surface area contributed by atoms with Gasteiger partial charge in [0.2, 0.25) is 0 Å². The minimum atomic E-state index is -0.314. The highest BCUT2D eigenvalue weighted by molar-refractivity contribution is 5.82. The van der Waals surface area contributed by atoms with Crippen molar-refractivity contribution >= 4 is 16.7 Å². The summed E-state index contributed by atoms with van der Waals surface area (Å²) in [6.45, 7) is -0.314. The molecule has 0 radical (unpaired) electrons. The van der Waals surface area contributed by atoms with Crippen LogP contribution in [0, 0.1) is 0 Å². The molecule has 0 atom stereocenters. The molecule has 3 heteroatoms. The number of halogens is 1. The summed E-state index contributed by atoms with van der Waals surface area (Å²) in [5, 5.41) is 0. The van der Waals surface area contributed by atoms with Crippen LogP contribution < -0.4 is 0 Å². The summed E-state index contributed by atoms with van der Waals surface area (Å²) in [5.41, 5.74) is 6.32. The van der Waals surface area contributed by atoms with E-state index in [1.54, 1.807) is 0 Å². The van der Waals surface area contributed by atoms with Crippen LogP contribution in [-0.4, -0.2) is 16.1 Å². The molecule has 2 aromatic carbocycles. The lowest BCUT2D eigenvalue weighted by molar-refractivity contribution is 0.495. The number of alkyl halides is 1. The van der Waals surface area contributed by atoms with E-state index in [1.165, 1.54) is 0 Å². The van der Waals surface area contributed by atoms with Crippen LogP contribution in [0.15, 0.2) is 66.9 Å². The molecule has 2 aromatic heterocycles. The number of benzene rings is 2. The fourth-order valence-electron chi connectivity index (χ4n) is 2.82. The number of hydrogen-bond acceptors (Lipinski definition) is 1. The van der Waals surface area contributed by atoms with Crippen molar-refractivity contribution in [1.29, 1.82) is 0 Å². The third-order valence-corrected chi connectivity index (χ3v) is 3.98. The Balaban J connectivity index is 1.80. The quantitative estimate of drug-likeness (QED) is 0.536. The number of imidazole rings is 1. The van der Waals surface area contributed by atoms with Crippen molar-refractivity contribution in [3.8, 4) is 11.1 Å². The van der Waals surface area contributed by atoms with Gasteiger partial charge in [-0.05, 0) is 41.0 Å². The van der Waals surface area contributed by atoms with E-state index in [0.717, 1.165) is 33.4 Å². The van der Waals surface area contributed by atoms with Crippen LogP contribution in [0.5, 0.6) is 0 Å². The highest BCUT2D eigenvalue weighted by Crippen LogP contribution is 2.24. The molecule has 4 aromatic rings. The Morgan fingerprint density at radius 1 is 0.909 bits per heavy atom. The number of aromatic nitrogens is 2. The highest BCUT2D eigenvalue weighted by atomic mass is 19.1. The minimum Gasteiger partial charge on any atom is -0.300 e. The number of hydrogen-bond donors (Lipinski definition) is 0. The van der Waals surface area contributed by atoms with Crippen molar-refractivity contribution in [3.63, 3.8) is 0 Å². The fraction of sp³-hybridized carbons (Fsp3) is 0.105. The van der Waals surface area contributed by atoms with Gasteiger partial charge in [-0.2, -0.15) is 0 Å². The zero-order valence-corrected chi connectivity index (χ0v) is 12.0. The van der Waals surface area contributed by atoms with Crippen molar-refractivity contribution in [3.05, 3.63) is 72.4 Å². The number of aryl methyl sites for hydroxylation is 1. The van der Waals surface area contributed by atoms with Gasteiger partial charge < -0.3 is 0 Å². The molecule has 0 saturated carbocycles. The van der Waals surface area contributed by atoms with E-state index in [-0.39, 0.29) is 6.67 Å². The van der Waals surface area contributed by atoms with Crippen molar-refractivity contribution < 1.29 is 4.39 Å². The van der Waals surface area contributed by atoms with E-state index in [9.17, 15) is 4.39 Å². The number of pyridine rings is 1. The van der Waals surface area contributed by atoms with Gasteiger partial charge in [0, 0.05) is 12.6 Å². The first-order valence-electron chi connectivity index (χ1n) is 7.37. The van der Waals surface area contributed by atoms with Gasteiger partial charge in [0.1, 0.15) is 5.65 Å². The maximum absolute atomic E-state index is 12.4. The lowest BCUT2D eigenvalue weighted by Gasteiger charge is -2.04. The molecule has 0 N–H and O–H groups in total. The van der Waals surface area contributed by atoms with Crippen LogP contribution in [-0.2, 0) is 6.42 Å². The van der Waals surface area contributed by atoms with Gasteiger partial charge in [-0.25, -0.2) is 4.98 Å². The average Bonchev–Trinajstić information content (AvgIpc) is 2.93. The second-order valence-electron chi connectivity index (χ2n) is 5.38. The Morgan fingerprint density at radius 2 is 1.73 bits per heavy atom. The normalized spacial score (nSPS) is 11.3. The van der Waals surface area contributed by atoms with Gasteiger partial charge in [0.25, 0.3) is 0 Å². The summed E-state index contributed by atoms with van der Waals surface area (Å²) in [7, 11) is 0. The number of para-hydroxylation sites is 2. The summed E-state index contributed by atoms with van der Waals surface area (Å²) in [6, 6.07) is 20.3. The maximum atomic E-state index is 12.4. The predicted octanol–water partition coefficient (Wildman–Crippen LogP) is 4.67. The molecule has 0 fully saturated rings. The second-order valence-corrected chi connectivity index (χ2v) is 5.38. The molecule has 0 amide bonds. The molecule has 0 aliphatic heterocycles. The molecule has 2 heterocycles. The van der Waals surface area contributed by atoms with Gasteiger partial charge in [-0.3, -0.25) is 8.79 Å². The molecule has 0 unspecified atom stereocenters. The van der Waals surface area contributed by atoms with Crippen LogP contribution in [0.1, 0.15) is 5.56 Å². The number of rotatable bonds is 3. The van der Waals surface area contributed by atoms with Crippen LogP contribution >= 0.6 is 0 Å². The van der Waals surface area contributed by atoms with Crippen LogP contribution in [0.4, 0.5) is 4.39 Å². The first kappa shape index (κ1) is 13.0. The van der Waals surface area contributed by atoms with E-state index in [1.807, 2.05) is 42.5 Å². The molecule has 22 heavy (non-hydrogen) atoms. The van der Waals surface area contributed by atoms with E-state index in [4.69, 9.17) is 0 Å². The van der Waals surface area contributed by atoms with Crippen molar-refractivity contribution in [2.45, 2.75) is 6.42 Å². The van der Waals surface area contributed by atoms with E-state index in [2.05, 4.69) is 33.8 Å². The van der Waals surface area contributed by atoms with E-state index in [0.29, 0.717) is 6.42 Å². The SMILES string of the molecule is FCCc1ccc(-c2ccn3c(c2)nc2ccccc23)cc1.